The van der Waals surface area contributed by atoms with Crippen molar-refractivity contribution >= 4 is 0 Å². The summed E-state index contributed by atoms with van der Waals surface area (Å²) in [6, 6.07) is 0. The molecular weight excluding hydrogens is 248 g/mol. The summed E-state index contributed by atoms with van der Waals surface area (Å²) in [6.07, 6.45) is 1.50. The van der Waals surface area contributed by atoms with E-state index in [9.17, 15) is 0 Å². The first kappa shape index (κ1) is 16.3. The molecule has 2 fully saturated rings. The van der Waals surface area contributed by atoms with Crippen LogP contribution in [0.25, 0.3) is 0 Å². The molecule has 0 aromatic rings. The molecule has 0 bridgehead atoms. The summed E-state index contributed by atoms with van der Waals surface area (Å²) in [5.41, 5.74) is 6.75. The zero-order valence-corrected chi connectivity index (χ0v) is 14.2. The van der Waals surface area contributed by atoms with Crippen LogP contribution in [0, 0.1) is 29.1 Å². The third kappa shape index (κ3) is 2.42. The lowest BCUT2D eigenvalue weighted by Crippen LogP contribution is -2.78. The normalized spacial score (nSPS) is 35.7. The van der Waals surface area contributed by atoms with E-state index < -0.39 is 0 Å². The van der Waals surface area contributed by atoms with Crippen molar-refractivity contribution in [1.82, 2.24) is 5.32 Å². The maximum absolute atomic E-state index is 6.76. The molecule has 3 heteroatoms. The molecule has 3 nitrogen and oxygen atoms in total. The van der Waals surface area contributed by atoms with E-state index in [0.29, 0.717) is 23.9 Å². The highest BCUT2D eigenvalue weighted by molar-refractivity contribution is 5.21. The number of fused-ring (bicyclic) bond motifs is 1. The minimum atomic E-state index is -0.104. The number of nitrogens with one attached hydrogen (secondary N) is 1. The van der Waals surface area contributed by atoms with E-state index >= 15 is 0 Å². The van der Waals surface area contributed by atoms with E-state index in [4.69, 9.17) is 10.5 Å². The number of hydrogen-bond acceptors (Lipinski definition) is 3. The van der Waals surface area contributed by atoms with Crippen LogP contribution in [0.4, 0.5) is 0 Å². The van der Waals surface area contributed by atoms with Gasteiger partial charge >= 0.3 is 0 Å². The van der Waals surface area contributed by atoms with E-state index in [2.05, 4.69) is 46.9 Å². The van der Waals surface area contributed by atoms with E-state index in [1.807, 2.05) is 0 Å². The molecule has 1 aliphatic carbocycles. The first-order chi connectivity index (χ1) is 9.22. The van der Waals surface area contributed by atoms with Crippen molar-refractivity contribution in [2.75, 3.05) is 19.7 Å². The summed E-state index contributed by atoms with van der Waals surface area (Å²) in [5, 5.41) is 3.68. The molecule has 2 aliphatic rings. The van der Waals surface area contributed by atoms with Gasteiger partial charge in [0.05, 0.1) is 6.10 Å². The molecule has 1 saturated heterocycles. The van der Waals surface area contributed by atoms with Crippen molar-refractivity contribution in [1.29, 1.82) is 0 Å². The van der Waals surface area contributed by atoms with Gasteiger partial charge in [0.1, 0.15) is 0 Å². The van der Waals surface area contributed by atoms with Crippen molar-refractivity contribution in [2.45, 2.75) is 59.6 Å². The van der Waals surface area contributed by atoms with Gasteiger partial charge in [-0.3, -0.25) is 0 Å². The minimum Gasteiger partial charge on any atom is -0.377 e. The average Bonchev–Trinajstić information content (AvgIpc) is 2.81. The maximum Gasteiger partial charge on any atom is 0.0691 e. The van der Waals surface area contributed by atoms with Gasteiger partial charge in [-0.25, -0.2) is 0 Å². The summed E-state index contributed by atoms with van der Waals surface area (Å²) in [6.45, 7) is 16.7. The van der Waals surface area contributed by atoms with Gasteiger partial charge in [0, 0.05) is 30.0 Å². The highest BCUT2D eigenvalue weighted by Crippen LogP contribution is 2.57. The van der Waals surface area contributed by atoms with Gasteiger partial charge < -0.3 is 15.8 Å². The Kier molecular flexibility index (Phi) is 4.54. The Morgan fingerprint density at radius 2 is 1.80 bits per heavy atom. The topological polar surface area (TPSA) is 47.3 Å². The third-order valence-corrected chi connectivity index (χ3v) is 6.17. The molecule has 1 saturated carbocycles. The highest BCUT2D eigenvalue weighted by atomic mass is 16.5. The molecule has 1 heterocycles. The van der Waals surface area contributed by atoms with Crippen LogP contribution in [0.1, 0.15) is 48.0 Å². The van der Waals surface area contributed by atoms with E-state index in [-0.39, 0.29) is 11.0 Å². The Morgan fingerprint density at radius 1 is 1.20 bits per heavy atom. The van der Waals surface area contributed by atoms with Gasteiger partial charge in [-0.2, -0.15) is 0 Å². The van der Waals surface area contributed by atoms with E-state index in [1.54, 1.807) is 0 Å². The molecule has 3 unspecified atom stereocenters. The molecule has 3 N–H and O–H groups in total. The van der Waals surface area contributed by atoms with E-state index in [1.165, 1.54) is 0 Å². The molecule has 0 spiro atoms. The standard InChI is InChI=1S/C17H34N2O/c1-11(2)13(12(3)4)9-19-10-17(18)14-7-8-20-15(14)16(17,5)6/h11-15,19H,7-10,18H2,1-6H3. The van der Waals surface area contributed by atoms with Crippen molar-refractivity contribution in [3.63, 3.8) is 0 Å². The molecule has 118 valence electrons. The number of hydrogen-bond donors (Lipinski definition) is 2. The quantitative estimate of drug-likeness (QED) is 0.787. The predicted octanol–water partition coefficient (Wildman–Crippen LogP) is 2.65. The Hall–Kier alpha value is -0.120. The fraction of sp³-hybridized carbons (Fsp3) is 1.00. The largest absolute Gasteiger partial charge is 0.377 e. The number of rotatable bonds is 6. The molecule has 20 heavy (non-hydrogen) atoms. The molecule has 0 radical (unpaired) electrons. The first-order valence-corrected chi connectivity index (χ1v) is 8.33. The Bertz CT molecular complexity index is 332. The molecule has 1 aliphatic heterocycles. The van der Waals surface area contributed by atoms with Crippen LogP contribution in [0.15, 0.2) is 0 Å². The first-order valence-electron chi connectivity index (χ1n) is 8.33. The van der Waals surface area contributed by atoms with Gasteiger partial charge in [-0.15, -0.1) is 0 Å². The minimum absolute atomic E-state index is 0.0896. The zero-order chi connectivity index (χ0) is 15.1. The van der Waals surface area contributed by atoms with Crippen LogP contribution in [0.2, 0.25) is 0 Å². The second kappa shape index (κ2) is 5.58. The van der Waals surface area contributed by atoms with Crippen molar-refractivity contribution in [3.8, 4) is 0 Å². The summed E-state index contributed by atoms with van der Waals surface area (Å²) in [5.74, 6) is 2.69. The molecule has 0 aromatic heterocycles. The lowest BCUT2D eigenvalue weighted by atomic mass is 9.48. The average molecular weight is 282 g/mol. The second-order valence-electron chi connectivity index (χ2n) is 8.23. The SMILES string of the molecule is CC(C)C(CNCC1(N)C2CCOC2C1(C)C)C(C)C. The monoisotopic (exact) mass is 282 g/mol. The predicted molar refractivity (Wildman–Crippen MR) is 84.6 cm³/mol. The van der Waals surface area contributed by atoms with Crippen LogP contribution >= 0.6 is 0 Å². The lowest BCUT2D eigenvalue weighted by molar-refractivity contribution is -0.153. The van der Waals surface area contributed by atoms with Gasteiger partial charge in [0.15, 0.2) is 0 Å². The van der Waals surface area contributed by atoms with Crippen LogP contribution in [-0.2, 0) is 4.74 Å². The fourth-order valence-corrected chi connectivity index (χ4v) is 4.52. The van der Waals surface area contributed by atoms with Crippen LogP contribution in [0.3, 0.4) is 0 Å². The number of nitrogens with two attached hydrogens (primary N) is 1. The summed E-state index contributed by atoms with van der Waals surface area (Å²) in [4.78, 5) is 0. The Labute approximate surface area is 125 Å². The third-order valence-electron chi connectivity index (χ3n) is 6.17. The van der Waals surface area contributed by atoms with Gasteiger partial charge in [-0.05, 0) is 30.7 Å². The maximum atomic E-state index is 6.76. The highest BCUT2D eigenvalue weighted by Gasteiger charge is 2.67. The smallest absolute Gasteiger partial charge is 0.0691 e. The molecular formula is C17H34N2O. The molecule has 0 amide bonds. The zero-order valence-electron chi connectivity index (χ0n) is 14.2. The van der Waals surface area contributed by atoms with Crippen LogP contribution < -0.4 is 11.1 Å². The second-order valence-corrected chi connectivity index (χ2v) is 8.23. The summed E-state index contributed by atoms with van der Waals surface area (Å²) < 4.78 is 5.86. The molecule has 2 rings (SSSR count). The Morgan fingerprint density at radius 3 is 2.35 bits per heavy atom. The van der Waals surface area contributed by atoms with Gasteiger partial charge in [0.2, 0.25) is 0 Å². The summed E-state index contributed by atoms with van der Waals surface area (Å²) in [7, 11) is 0. The number of ether oxygens (including phenoxy) is 1. The van der Waals surface area contributed by atoms with Crippen LogP contribution in [-0.4, -0.2) is 31.3 Å². The van der Waals surface area contributed by atoms with Crippen molar-refractivity contribution in [3.05, 3.63) is 0 Å². The lowest BCUT2D eigenvalue weighted by Gasteiger charge is -2.62. The van der Waals surface area contributed by atoms with E-state index in [0.717, 1.165) is 32.0 Å². The summed E-state index contributed by atoms with van der Waals surface area (Å²) >= 11 is 0. The van der Waals surface area contributed by atoms with Crippen LogP contribution in [0.5, 0.6) is 0 Å². The molecule has 0 aromatic carbocycles. The fourth-order valence-electron chi connectivity index (χ4n) is 4.52. The van der Waals surface area contributed by atoms with Gasteiger partial charge in [0.25, 0.3) is 0 Å². The van der Waals surface area contributed by atoms with Crippen molar-refractivity contribution < 1.29 is 4.74 Å². The van der Waals surface area contributed by atoms with Crippen molar-refractivity contribution in [2.24, 2.45) is 34.8 Å². The van der Waals surface area contributed by atoms with Gasteiger partial charge in [-0.1, -0.05) is 41.5 Å². The molecule has 3 atom stereocenters. The Balaban J connectivity index is 1.90.